The molecule has 7 heteroatoms. The van der Waals surface area contributed by atoms with Gasteiger partial charge >= 0.3 is 5.97 Å². The van der Waals surface area contributed by atoms with Crippen molar-refractivity contribution in [1.29, 1.82) is 0 Å². The van der Waals surface area contributed by atoms with Crippen molar-refractivity contribution in [2.45, 2.75) is 25.7 Å². The highest BCUT2D eigenvalue weighted by Gasteiger charge is 2.13. The maximum absolute atomic E-state index is 12.5. The van der Waals surface area contributed by atoms with Gasteiger partial charge in [0, 0.05) is 18.6 Å². The molecule has 0 amide bonds. The molecule has 2 aromatic heterocycles. The van der Waals surface area contributed by atoms with E-state index in [0.717, 1.165) is 19.3 Å². The number of esters is 1. The summed E-state index contributed by atoms with van der Waals surface area (Å²) in [6, 6.07) is 6.26. The van der Waals surface area contributed by atoms with Crippen LogP contribution in [-0.4, -0.2) is 17.7 Å². The van der Waals surface area contributed by atoms with Crippen molar-refractivity contribution in [3.05, 3.63) is 47.0 Å². The SMILES string of the molecule is NCCCCCC(=O)Oc1ccc2c(=O)c(-c3ccon3)coc2c1. The van der Waals surface area contributed by atoms with E-state index in [1.165, 1.54) is 18.6 Å². The molecule has 25 heavy (non-hydrogen) atoms. The van der Waals surface area contributed by atoms with Gasteiger partial charge in [0.2, 0.25) is 5.43 Å². The fraction of sp³-hybridized carbons (Fsp3) is 0.278. The van der Waals surface area contributed by atoms with Gasteiger partial charge in [-0.15, -0.1) is 0 Å². The monoisotopic (exact) mass is 342 g/mol. The molecule has 0 fully saturated rings. The fourth-order valence-corrected chi connectivity index (χ4v) is 2.47. The van der Waals surface area contributed by atoms with Gasteiger partial charge in [0.05, 0.1) is 10.9 Å². The molecule has 0 aliphatic carbocycles. The number of aromatic nitrogens is 1. The number of rotatable bonds is 7. The van der Waals surface area contributed by atoms with E-state index in [9.17, 15) is 9.59 Å². The normalized spacial score (nSPS) is 10.9. The van der Waals surface area contributed by atoms with Crippen molar-refractivity contribution in [2.75, 3.05) is 6.54 Å². The first-order valence-corrected chi connectivity index (χ1v) is 8.06. The Bertz CT molecular complexity index is 915. The zero-order valence-electron chi connectivity index (χ0n) is 13.6. The molecule has 0 saturated carbocycles. The van der Waals surface area contributed by atoms with E-state index < -0.39 is 0 Å². The molecule has 0 unspecified atom stereocenters. The molecule has 0 atom stereocenters. The molecular weight excluding hydrogens is 324 g/mol. The van der Waals surface area contributed by atoms with E-state index in [0.29, 0.717) is 40.9 Å². The largest absolute Gasteiger partial charge is 0.463 e. The van der Waals surface area contributed by atoms with Crippen molar-refractivity contribution < 1.29 is 18.5 Å². The maximum Gasteiger partial charge on any atom is 0.311 e. The van der Waals surface area contributed by atoms with Crippen LogP contribution in [-0.2, 0) is 4.79 Å². The molecule has 0 saturated heterocycles. The summed E-state index contributed by atoms with van der Waals surface area (Å²) in [6.07, 6.45) is 5.55. The van der Waals surface area contributed by atoms with Gasteiger partial charge in [-0.05, 0) is 31.5 Å². The first kappa shape index (κ1) is 16.9. The minimum absolute atomic E-state index is 0.227. The second-order valence-electron chi connectivity index (χ2n) is 5.59. The van der Waals surface area contributed by atoms with Crippen LogP contribution in [0.2, 0.25) is 0 Å². The van der Waals surface area contributed by atoms with Crippen molar-refractivity contribution in [1.82, 2.24) is 5.16 Å². The van der Waals surface area contributed by atoms with Crippen molar-refractivity contribution >= 4 is 16.9 Å². The summed E-state index contributed by atoms with van der Waals surface area (Å²) in [5.74, 6) is 0.0200. The zero-order valence-corrected chi connectivity index (χ0v) is 13.6. The molecule has 3 rings (SSSR count). The quantitative estimate of drug-likeness (QED) is 0.399. The second kappa shape index (κ2) is 7.76. The highest BCUT2D eigenvalue weighted by molar-refractivity contribution is 5.83. The van der Waals surface area contributed by atoms with Gasteiger partial charge in [-0.3, -0.25) is 9.59 Å². The van der Waals surface area contributed by atoms with Crippen LogP contribution < -0.4 is 15.9 Å². The van der Waals surface area contributed by atoms with Gasteiger partial charge in [0.1, 0.15) is 29.6 Å². The number of nitrogens with two attached hydrogens (primary N) is 1. The molecule has 0 spiro atoms. The highest BCUT2D eigenvalue weighted by atomic mass is 16.5. The van der Waals surface area contributed by atoms with Crippen molar-refractivity contribution in [3.8, 4) is 17.0 Å². The molecule has 3 aromatic rings. The van der Waals surface area contributed by atoms with Crippen LogP contribution in [0.15, 0.2) is 50.5 Å². The standard InChI is InChI=1S/C18H18N2O5/c19-8-3-1-2-4-17(21)25-12-5-6-13-16(10-12)23-11-14(18(13)22)15-7-9-24-20-15/h5-7,9-11H,1-4,8,19H2. The Hall–Kier alpha value is -2.93. The minimum atomic E-state index is -0.321. The minimum Gasteiger partial charge on any atom is -0.463 e. The average Bonchev–Trinajstić information content (AvgIpc) is 3.13. The van der Waals surface area contributed by atoms with Gasteiger partial charge in [-0.2, -0.15) is 0 Å². The molecule has 1 aromatic carbocycles. The number of ether oxygens (including phenoxy) is 1. The number of fused-ring (bicyclic) bond motifs is 1. The van der Waals surface area contributed by atoms with Crippen LogP contribution in [0.1, 0.15) is 25.7 Å². The van der Waals surface area contributed by atoms with E-state index in [4.69, 9.17) is 19.4 Å². The van der Waals surface area contributed by atoms with E-state index in [2.05, 4.69) is 5.16 Å². The van der Waals surface area contributed by atoms with Gasteiger partial charge in [-0.25, -0.2) is 0 Å². The molecule has 0 radical (unpaired) electrons. The molecular formula is C18H18N2O5. The van der Waals surface area contributed by atoms with Gasteiger partial charge in [-0.1, -0.05) is 11.6 Å². The summed E-state index contributed by atoms with van der Waals surface area (Å²) in [5.41, 5.74) is 6.24. The summed E-state index contributed by atoms with van der Waals surface area (Å²) >= 11 is 0. The zero-order chi connectivity index (χ0) is 17.6. The van der Waals surface area contributed by atoms with Gasteiger partial charge in [0.15, 0.2) is 0 Å². The van der Waals surface area contributed by atoms with Crippen molar-refractivity contribution in [3.63, 3.8) is 0 Å². The number of carbonyl (C=O) groups is 1. The van der Waals surface area contributed by atoms with E-state index in [1.54, 1.807) is 18.2 Å². The molecule has 0 aliphatic heterocycles. The van der Waals surface area contributed by atoms with E-state index in [1.807, 2.05) is 0 Å². The third kappa shape index (κ3) is 3.95. The first-order valence-electron chi connectivity index (χ1n) is 8.06. The molecule has 130 valence electrons. The fourth-order valence-electron chi connectivity index (χ4n) is 2.47. The van der Waals surface area contributed by atoms with E-state index >= 15 is 0 Å². The van der Waals surface area contributed by atoms with Crippen LogP contribution in [0.5, 0.6) is 5.75 Å². The Morgan fingerprint density at radius 3 is 2.84 bits per heavy atom. The number of hydrogen-bond acceptors (Lipinski definition) is 7. The molecule has 2 heterocycles. The van der Waals surface area contributed by atoms with Crippen LogP contribution in [0, 0.1) is 0 Å². The Morgan fingerprint density at radius 1 is 1.20 bits per heavy atom. The number of hydrogen-bond donors (Lipinski definition) is 1. The van der Waals surface area contributed by atoms with Crippen LogP contribution in [0.4, 0.5) is 0 Å². The summed E-state index contributed by atoms with van der Waals surface area (Å²) in [4.78, 5) is 24.3. The predicted octanol–water partition coefficient (Wildman–Crippen LogP) is 2.87. The predicted molar refractivity (Wildman–Crippen MR) is 91.1 cm³/mol. The first-order chi connectivity index (χ1) is 12.2. The number of carbonyl (C=O) groups excluding carboxylic acids is 1. The van der Waals surface area contributed by atoms with Crippen LogP contribution >= 0.6 is 0 Å². The average molecular weight is 342 g/mol. The lowest BCUT2D eigenvalue weighted by molar-refractivity contribution is -0.134. The molecule has 2 N–H and O–H groups in total. The van der Waals surface area contributed by atoms with Crippen LogP contribution in [0.3, 0.4) is 0 Å². The third-order valence-electron chi connectivity index (χ3n) is 3.78. The number of unbranched alkanes of at least 4 members (excludes halogenated alkanes) is 2. The Morgan fingerprint density at radius 2 is 2.08 bits per heavy atom. The summed E-state index contributed by atoms with van der Waals surface area (Å²) in [5, 5.41) is 4.12. The number of nitrogens with zero attached hydrogens (tertiary/aromatic N) is 1. The van der Waals surface area contributed by atoms with E-state index in [-0.39, 0.29) is 11.4 Å². The summed E-state index contributed by atoms with van der Waals surface area (Å²) in [7, 11) is 0. The Kier molecular flexibility index (Phi) is 5.25. The third-order valence-corrected chi connectivity index (χ3v) is 3.78. The lowest BCUT2D eigenvalue weighted by Gasteiger charge is -2.05. The van der Waals surface area contributed by atoms with Gasteiger partial charge in [0.25, 0.3) is 0 Å². The number of benzene rings is 1. The summed E-state index contributed by atoms with van der Waals surface area (Å²) < 4.78 is 15.5. The summed E-state index contributed by atoms with van der Waals surface area (Å²) in [6.45, 7) is 0.620. The second-order valence-corrected chi connectivity index (χ2v) is 5.59. The Labute approximate surface area is 143 Å². The molecule has 0 aliphatic rings. The Balaban J connectivity index is 1.76. The van der Waals surface area contributed by atoms with Crippen LogP contribution in [0.25, 0.3) is 22.2 Å². The smallest absolute Gasteiger partial charge is 0.311 e. The molecule has 7 nitrogen and oxygen atoms in total. The topological polar surface area (TPSA) is 109 Å². The highest BCUT2D eigenvalue weighted by Crippen LogP contribution is 2.22. The maximum atomic E-state index is 12.5. The van der Waals surface area contributed by atoms with Gasteiger partial charge < -0.3 is 19.4 Å². The lowest BCUT2D eigenvalue weighted by atomic mass is 10.1. The molecule has 0 bridgehead atoms. The van der Waals surface area contributed by atoms with Crippen molar-refractivity contribution in [2.24, 2.45) is 5.73 Å². The lowest BCUT2D eigenvalue weighted by Crippen LogP contribution is -2.09.